The van der Waals surface area contributed by atoms with E-state index in [1.807, 2.05) is 6.92 Å². The molecule has 4 nitrogen and oxygen atoms in total. The minimum atomic E-state index is -0.262. The van der Waals surface area contributed by atoms with Gasteiger partial charge in [0.05, 0.1) is 6.04 Å². The molecule has 0 radical (unpaired) electrons. The first-order valence-corrected chi connectivity index (χ1v) is 6.02. The highest BCUT2D eigenvalue weighted by atomic mass is 19.1. The van der Waals surface area contributed by atoms with Crippen LogP contribution in [0.4, 0.5) is 4.39 Å². The number of hydrogen-bond donors (Lipinski definition) is 1. The Bertz CT molecular complexity index is 512. The van der Waals surface area contributed by atoms with Gasteiger partial charge in [0.1, 0.15) is 5.82 Å². The maximum atomic E-state index is 13.5. The summed E-state index contributed by atoms with van der Waals surface area (Å²) in [4.78, 5) is 4.20. The van der Waals surface area contributed by atoms with Crippen molar-refractivity contribution in [1.29, 1.82) is 0 Å². The van der Waals surface area contributed by atoms with Gasteiger partial charge in [-0.15, -0.1) is 0 Å². The zero-order chi connectivity index (χ0) is 13.0. The van der Waals surface area contributed by atoms with Crippen LogP contribution >= 0.6 is 0 Å². The standard InChI is InChI=1S/C13H16FN3O/c1-2-5-11(15)13-16-12(17-18-13)8-9-6-3-4-7-10(9)14/h3-4,6-7,11H,2,5,8,15H2,1H3. The number of benzene rings is 1. The van der Waals surface area contributed by atoms with Gasteiger partial charge < -0.3 is 10.3 Å². The van der Waals surface area contributed by atoms with Crippen LogP contribution < -0.4 is 5.73 Å². The molecule has 0 saturated carbocycles. The van der Waals surface area contributed by atoms with Crippen LogP contribution in [-0.4, -0.2) is 10.1 Å². The second-order valence-corrected chi connectivity index (χ2v) is 4.21. The highest BCUT2D eigenvalue weighted by Gasteiger charge is 2.14. The Labute approximate surface area is 105 Å². The fraction of sp³-hybridized carbons (Fsp3) is 0.385. The number of rotatable bonds is 5. The molecule has 1 aromatic carbocycles. The predicted octanol–water partition coefficient (Wildman–Crippen LogP) is 2.60. The Morgan fingerprint density at radius 1 is 1.39 bits per heavy atom. The van der Waals surface area contributed by atoms with Gasteiger partial charge in [0.15, 0.2) is 5.82 Å². The molecule has 1 unspecified atom stereocenters. The molecule has 2 rings (SSSR count). The number of nitrogens with two attached hydrogens (primary N) is 1. The highest BCUT2D eigenvalue weighted by Crippen LogP contribution is 2.15. The molecule has 1 heterocycles. The molecule has 2 aromatic rings. The molecule has 0 fully saturated rings. The molecule has 0 aliphatic rings. The van der Waals surface area contributed by atoms with Crippen molar-refractivity contribution in [3.05, 3.63) is 47.4 Å². The number of hydrogen-bond acceptors (Lipinski definition) is 4. The van der Waals surface area contributed by atoms with E-state index in [1.54, 1.807) is 18.2 Å². The fourth-order valence-corrected chi connectivity index (χ4v) is 1.74. The Kier molecular flexibility index (Phi) is 4.04. The van der Waals surface area contributed by atoms with E-state index in [4.69, 9.17) is 10.3 Å². The molecular weight excluding hydrogens is 233 g/mol. The van der Waals surface area contributed by atoms with Gasteiger partial charge >= 0.3 is 0 Å². The van der Waals surface area contributed by atoms with Crippen molar-refractivity contribution < 1.29 is 8.91 Å². The molecule has 1 atom stereocenters. The minimum Gasteiger partial charge on any atom is -0.338 e. The van der Waals surface area contributed by atoms with E-state index in [0.29, 0.717) is 23.7 Å². The van der Waals surface area contributed by atoms with Gasteiger partial charge in [-0.05, 0) is 18.1 Å². The maximum Gasteiger partial charge on any atom is 0.243 e. The van der Waals surface area contributed by atoms with Gasteiger partial charge in [-0.3, -0.25) is 0 Å². The summed E-state index contributed by atoms with van der Waals surface area (Å²) in [6.07, 6.45) is 2.06. The van der Waals surface area contributed by atoms with Crippen LogP contribution in [0.15, 0.2) is 28.8 Å². The molecule has 0 bridgehead atoms. The normalized spacial score (nSPS) is 12.6. The van der Waals surface area contributed by atoms with Gasteiger partial charge in [-0.2, -0.15) is 4.98 Å². The Morgan fingerprint density at radius 3 is 2.89 bits per heavy atom. The van der Waals surface area contributed by atoms with Gasteiger partial charge in [-0.1, -0.05) is 36.7 Å². The van der Waals surface area contributed by atoms with E-state index in [1.165, 1.54) is 6.07 Å². The summed E-state index contributed by atoms with van der Waals surface area (Å²) < 4.78 is 18.5. The summed E-state index contributed by atoms with van der Waals surface area (Å²) in [5, 5.41) is 3.82. The van der Waals surface area contributed by atoms with Crippen molar-refractivity contribution in [2.45, 2.75) is 32.2 Å². The SMILES string of the molecule is CCCC(N)c1nc(Cc2ccccc2F)no1. The lowest BCUT2D eigenvalue weighted by atomic mass is 10.1. The molecule has 0 aliphatic heterocycles. The van der Waals surface area contributed by atoms with E-state index >= 15 is 0 Å². The third-order valence-electron chi connectivity index (χ3n) is 2.71. The monoisotopic (exact) mass is 249 g/mol. The van der Waals surface area contributed by atoms with Gasteiger partial charge in [0, 0.05) is 6.42 Å². The first-order valence-electron chi connectivity index (χ1n) is 6.02. The van der Waals surface area contributed by atoms with E-state index in [0.717, 1.165) is 12.8 Å². The molecule has 2 N–H and O–H groups in total. The molecule has 0 saturated heterocycles. The molecule has 0 spiro atoms. The molecule has 0 amide bonds. The number of aromatic nitrogens is 2. The van der Waals surface area contributed by atoms with Crippen LogP contribution in [0.3, 0.4) is 0 Å². The lowest BCUT2D eigenvalue weighted by Crippen LogP contribution is -2.10. The average Bonchev–Trinajstić information content (AvgIpc) is 2.81. The van der Waals surface area contributed by atoms with Crippen molar-refractivity contribution in [3.63, 3.8) is 0 Å². The van der Waals surface area contributed by atoms with Crippen LogP contribution in [0.1, 0.15) is 43.1 Å². The van der Waals surface area contributed by atoms with Crippen LogP contribution in [0.25, 0.3) is 0 Å². The second kappa shape index (κ2) is 5.73. The van der Waals surface area contributed by atoms with E-state index < -0.39 is 0 Å². The minimum absolute atomic E-state index is 0.239. The summed E-state index contributed by atoms with van der Waals surface area (Å²) in [5.74, 6) is 0.617. The van der Waals surface area contributed by atoms with Gasteiger partial charge in [0.2, 0.25) is 5.89 Å². The second-order valence-electron chi connectivity index (χ2n) is 4.21. The summed E-state index contributed by atoms with van der Waals surface area (Å²) in [6, 6.07) is 6.31. The first kappa shape index (κ1) is 12.7. The number of halogens is 1. The quantitative estimate of drug-likeness (QED) is 0.884. The van der Waals surface area contributed by atoms with Crippen molar-refractivity contribution in [3.8, 4) is 0 Å². The average molecular weight is 249 g/mol. The van der Waals surface area contributed by atoms with E-state index in [-0.39, 0.29) is 11.9 Å². The third-order valence-corrected chi connectivity index (χ3v) is 2.71. The summed E-state index contributed by atoms with van der Waals surface area (Å²) in [7, 11) is 0. The summed E-state index contributed by atoms with van der Waals surface area (Å²) >= 11 is 0. The maximum absolute atomic E-state index is 13.5. The molecule has 96 valence electrons. The lowest BCUT2D eigenvalue weighted by Gasteiger charge is -2.02. The highest BCUT2D eigenvalue weighted by molar-refractivity contribution is 5.20. The Balaban J connectivity index is 2.09. The lowest BCUT2D eigenvalue weighted by molar-refractivity contribution is 0.344. The summed E-state index contributed by atoms with van der Waals surface area (Å²) in [6.45, 7) is 2.04. The van der Waals surface area contributed by atoms with Gasteiger partial charge in [-0.25, -0.2) is 4.39 Å². The zero-order valence-corrected chi connectivity index (χ0v) is 10.3. The number of nitrogens with zero attached hydrogens (tertiary/aromatic N) is 2. The largest absolute Gasteiger partial charge is 0.338 e. The topological polar surface area (TPSA) is 64.9 Å². The summed E-state index contributed by atoms with van der Waals surface area (Å²) in [5.41, 5.74) is 6.42. The van der Waals surface area contributed by atoms with Crippen molar-refractivity contribution >= 4 is 0 Å². The molecular formula is C13H16FN3O. The van der Waals surface area contributed by atoms with Crippen LogP contribution in [0.5, 0.6) is 0 Å². The zero-order valence-electron chi connectivity index (χ0n) is 10.3. The predicted molar refractivity (Wildman–Crippen MR) is 65.3 cm³/mol. The Hall–Kier alpha value is -1.75. The van der Waals surface area contributed by atoms with Crippen LogP contribution in [0.2, 0.25) is 0 Å². The van der Waals surface area contributed by atoms with Crippen LogP contribution in [-0.2, 0) is 6.42 Å². The smallest absolute Gasteiger partial charge is 0.243 e. The van der Waals surface area contributed by atoms with Crippen molar-refractivity contribution in [2.24, 2.45) is 5.73 Å². The third kappa shape index (κ3) is 2.92. The fourth-order valence-electron chi connectivity index (χ4n) is 1.74. The Morgan fingerprint density at radius 2 is 2.17 bits per heavy atom. The first-order chi connectivity index (χ1) is 8.70. The van der Waals surface area contributed by atoms with Crippen molar-refractivity contribution in [1.82, 2.24) is 10.1 Å². The molecule has 1 aromatic heterocycles. The molecule has 18 heavy (non-hydrogen) atoms. The molecule has 5 heteroatoms. The van der Waals surface area contributed by atoms with E-state index in [9.17, 15) is 4.39 Å². The molecule has 0 aliphatic carbocycles. The van der Waals surface area contributed by atoms with Crippen LogP contribution in [0, 0.1) is 5.82 Å². The van der Waals surface area contributed by atoms with E-state index in [2.05, 4.69) is 10.1 Å². The van der Waals surface area contributed by atoms with Crippen molar-refractivity contribution in [2.75, 3.05) is 0 Å². The van der Waals surface area contributed by atoms with Gasteiger partial charge in [0.25, 0.3) is 0 Å².